The topological polar surface area (TPSA) is 71.1 Å². The van der Waals surface area contributed by atoms with Gasteiger partial charge in [0.05, 0.1) is 6.33 Å². The van der Waals surface area contributed by atoms with Crippen LogP contribution in [0.25, 0.3) is 11.2 Å². The van der Waals surface area contributed by atoms with Crippen molar-refractivity contribution in [3.8, 4) is 0 Å². The fourth-order valence-corrected chi connectivity index (χ4v) is 2.12. The first-order valence-corrected chi connectivity index (χ1v) is 6.69. The minimum atomic E-state index is -0.345. The molecule has 2 rings (SSSR count). The zero-order valence-corrected chi connectivity index (χ0v) is 12.3. The highest BCUT2D eigenvalue weighted by Crippen LogP contribution is 2.08. The minimum Gasteiger partial charge on any atom is -0.361 e. The van der Waals surface area contributed by atoms with E-state index in [4.69, 9.17) is 4.74 Å². The fourth-order valence-electron chi connectivity index (χ4n) is 2.12. The summed E-state index contributed by atoms with van der Waals surface area (Å²) in [5.74, 6) is 0.283. The van der Waals surface area contributed by atoms with Crippen molar-refractivity contribution in [2.75, 3.05) is 6.61 Å². The largest absolute Gasteiger partial charge is 0.361 e. The molecule has 0 spiro atoms. The van der Waals surface area contributed by atoms with E-state index >= 15 is 0 Å². The van der Waals surface area contributed by atoms with Gasteiger partial charge in [0.1, 0.15) is 6.73 Å². The van der Waals surface area contributed by atoms with Crippen molar-refractivity contribution in [1.29, 1.82) is 0 Å². The first-order valence-electron chi connectivity index (χ1n) is 6.69. The summed E-state index contributed by atoms with van der Waals surface area (Å²) in [6, 6.07) is 0. The summed E-state index contributed by atoms with van der Waals surface area (Å²) in [7, 11) is 1.49. The van der Waals surface area contributed by atoms with Gasteiger partial charge in [-0.1, -0.05) is 13.8 Å². The van der Waals surface area contributed by atoms with Crippen LogP contribution in [0, 0.1) is 5.92 Å². The van der Waals surface area contributed by atoms with E-state index in [9.17, 15) is 9.59 Å². The molecule has 0 bridgehead atoms. The lowest BCUT2D eigenvalue weighted by Gasteiger charge is -2.11. The van der Waals surface area contributed by atoms with E-state index in [2.05, 4.69) is 4.98 Å². The van der Waals surface area contributed by atoms with Gasteiger partial charge in [-0.2, -0.15) is 0 Å². The van der Waals surface area contributed by atoms with E-state index in [-0.39, 0.29) is 23.9 Å². The quantitative estimate of drug-likeness (QED) is 0.801. The molecule has 20 heavy (non-hydrogen) atoms. The number of hydrogen-bond acceptors (Lipinski definition) is 4. The molecule has 2 heterocycles. The number of rotatable bonds is 5. The van der Waals surface area contributed by atoms with Crippen LogP contribution in [0.3, 0.4) is 0 Å². The highest BCUT2D eigenvalue weighted by molar-refractivity contribution is 5.69. The molecule has 2 aromatic rings. The van der Waals surface area contributed by atoms with Crippen molar-refractivity contribution in [2.45, 2.75) is 34.0 Å². The van der Waals surface area contributed by atoms with Gasteiger partial charge >= 0.3 is 5.69 Å². The zero-order valence-electron chi connectivity index (χ0n) is 12.3. The number of nitrogens with zero attached hydrogens (tertiary/aromatic N) is 4. The van der Waals surface area contributed by atoms with Gasteiger partial charge in [0, 0.05) is 20.2 Å². The molecule has 0 radical (unpaired) electrons. The van der Waals surface area contributed by atoms with Gasteiger partial charge < -0.3 is 9.30 Å². The van der Waals surface area contributed by atoms with Crippen LogP contribution < -0.4 is 11.2 Å². The van der Waals surface area contributed by atoms with Crippen LogP contribution in [0.2, 0.25) is 0 Å². The second-order valence-electron chi connectivity index (χ2n) is 5.16. The Morgan fingerprint density at radius 2 is 2.05 bits per heavy atom. The maximum Gasteiger partial charge on any atom is 0.332 e. The van der Waals surface area contributed by atoms with Crippen LogP contribution in [0.1, 0.15) is 20.8 Å². The summed E-state index contributed by atoms with van der Waals surface area (Å²) in [6.45, 7) is 7.23. The summed E-state index contributed by atoms with van der Waals surface area (Å²) in [5, 5.41) is 0. The molecule has 110 valence electrons. The van der Waals surface area contributed by atoms with Crippen LogP contribution in [-0.2, 0) is 25.1 Å². The van der Waals surface area contributed by atoms with Gasteiger partial charge in [0.2, 0.25) is 0 Å². The summed E-state index contributed by atoms with van der Waals surface area (Å²) < 4.78 is 9.62. The van der Waals surface area contributed by atoms with E-state index in [1.807, 2.05) is 20.8 Å². The summed E-state index contributed by atoms with van der Waals surface area (Å²) in [6.07, 6.45) is 1.54. The molecule has 0 atom stereocenters. The second kappa shape index (κ2) is 5.62. The number of hydrogen-bond donors (Lipinski definition) is 0. The fraction of sp³-hybridized carbons (Fsp3) is 0.615. The molecule has 0 amide bonds. The van der Waals surface area contributed by atoms with Crippen LogP contribution in [0.4, 0.5) is 0 Å². The number of fused-ring (bicyclic) bond motifs is 1. The summed E-state index contributed by atoms with van der Waals surface area (Å²) in [5.41, 5.74) is 0.146. The smallest absolute Gasteiger partial charge is 0.332 e. The Morgan fingerprint density at radius 1 is 1.35 bits per heavy atom. The first-order chi connectivity index (χ1) is 9.47. The Labute approximate surface area is 116 Å². The predicted molar refractivity (Wildman–Crippen MR) is 75.7 cm³/mol. The van der Waals surface area contributed by atoms with Crippen molar-refractivity contribution < 1.29 is 4.74 Å². The van der Waals surface area contributed by atoms with Crippen molar-refractivity contribution >= 4 is 11.2 Å². The molecule has 0 unspecified atom stereocenters. The molecule has 7 heteroatoms. The lowest BCUT2D eigenvalue weighted by Crippen LogP contribution is -2.39. The van der Waals surface area contributed by atoms with Gasteiger partial charge in [0.15, 0.2) is 11.2 Å². The Bertz CT molecular complexity index is 724. The predicted octanol–water partition coefficient (Wildman–Crippen LogP) is 0.547. The Morgan fingerprint density at radius 3 is 2.65 bits per heavy atom. The third-order valence-corrected chi connectivity index (χ3v) is 3.08. The van der Waals surface area contributed by atoms with Gasteiger partial charge in [-0.15, -0.1) is 0 Å². The Hall–Kier alpha value is -1.89. The highest BCUT2D eigenvalue weighted by Gasteiger charge is 2.16. The molecular formula is C13H20N4O3. The van der Waals surface area contributed by atoms with E-state index in [0.29, 0.717) is 24.3 Å². The molecule has 0 N–H and O–H groups in total. The van der Waals surface area contributed by atoms with E-state index < -0.39 is 0 Å². The van der Waals surface area contributed by atoms with E-state index in [1.54, 1.807) is 9.13 Å². The molecule has 0 saturated carbocycles. The van der Waals surface area contributed by atoms with Gasteiger partial charge in [-0.05, 0) is 12.8 Å². The van der Waals surface area contributed by atoms with Crippen LogP contribution in [-0.4, -0.2) is 25.3 Å². The van der Waals surface area contributed by atoms with Gasteiger partial charge in [-0.3, -0.25) is 13.9 Å². The maximum atomic E-state index is 12.3. The highest BCUT2D eigenvalue weighted by atomic mass is 16.5. The minimum absolute atomic E-state index is 0.252. The third-order valence-electron chi connectivity index (χ3n) is 3.08. The van der Waals surface area contributed by atoms with Crippen LogP contribution in [0.15, 0.2) is 15.9 Å². The SMILES string of the molecule is CCOCn1cnc2c1c(=O)n(C)c(=O)n2CC(C)C. The molecule has 2 aromatic heterocycles. The molecule has 0 aliphatic heterocycles. The van der Waals surface area contributed by atoms with Crippen molar-refractivity contribution in [2.24, 2.45) is 13.0 Å². The van der Waals surface area contributed by atoms with Crippen LogP contribution in [0.5, 0.6) is 0 Å². The molecule has 0 aliphatic carbocycles. The van der Waals surface area contributed by atoms with Gasteiger partial charge in [0.25, 0.3) is 5.56 Å². The Balaban J connectivity index is 2.71. The summed E-state index contributed by atoms with van der Waals surface area (Å²) in [4.78, 5) is 28.7. The van der Waals surface area contributed by atoms with Gasteiger partial charge in [-0.25, -0.2) is 9.78 Å². The standard InChI is InChI=1S/C13H20N4O3/c1-5-20-8-16-7-14-11-10(16)12(18)15(4)13(19)17(11)6-9(2)3/h7,9H,5-6,8H2,1-4H3. The van der Waals surface area contributed by atoms with Crippen LogP contribution >= 0.6 is 0 Å². The van der Waals surface area contributed by atoms with Crippen molar-refractivity contribution in [3.05, 3.63) is 27.2 Å². The van der Waals surface area contributed by atoms with E-state index in [1.165, 1.54) is 13.4 Å². The number of imidazole rings is 1. The average molecular weight is 280 g/mol. The monoisotopic (exact) mass is 280 g/mol. The summed E-state index contributed by atoms with van der Waals surface area (Å²) >= 11 is 0. The third kappa shape index (κ3) is 2.40. The number of aromatic nitrogens is 4. The lowest BCUT2D eigenvalue weighted by atomic mass is 10.2. The Kier molecular flexibility index (Phi) is 4.08. The number of ether oxygens (including phenoxy) is 1. The normalized spacial score (nSPS) is 11.7. The van der Waals surface area contributed by atoms with Crippen molar-refractivity contribution in [3.63, 3.8) is 0 Å². The molecule has 7 nitrogen and oxygen atoms in total. The molecular weight excluding hydrogens is 260 g/mol. The molecule has 0 aliphatic rings. The van der Waals surface area contributed by atoms with E-state index in [0.717, 1.165) is 4.57 Å². The molecule has 0 fully saturated rings. The molecule has 0 saturated heterocycles. The zero-order chi connectivity index (χ0) is 14.9. The maximum absolute atomic E-state index is 12.3. The van der Waals surface area contributed by atoms with Crippen molar-refractivity contribution in [1.82, 2.24) is 18.7 Å². The average Bonchev–Trinajstić information content (AvgIpc) is 2.82. The first kappa shape index (κ1) is 14.5. The molecule has 0 aromatic carbocycles. The second-order valence-corrected chi connectivity index (χ2v) is 5.16. The lowest BCUT2D eigenvalue weighted by molar-refractivity contribution is 0.0903.